The van der Waals surface area contributed by atoms with Crippen molar-refractivity contribution in [1.82, 2.24) is 0 Å². The quantitative estimate of drug-likeness (QED) is 0.210. The van der Waals surface area contributed by atoms with Gasteiger partial charge in [0.25, 0.3) is 0 Å². The van der Waals surface area contributed by atoms with Crippen LogP contribution in [0.5, 0.6) is 5.75 Å². The molecule has 0 radical (unpaired) electrons. The topological polar surface area (TPSA) is 9.23 Å². The van der Waals surface area contributed by atoms with Crippen LogP contribution in [0.15, 0.2) is 101 Å². The van der Waals surface area contributed by atoms with Crippen molar-refractivity contribution in [2.75, 3.05) is 6.61 Å². The molecule has 1 nitrogen and oxygen atoms in total. The molecule has 0 saturated carbocycles. The molecule has 26 heavy (non-hydrogen) atoms. The molecule has 0 spiro atoms. The molecule has 0 aliphatic heterocycles. The summed E-state index contributed by atoms with van der Waals surface area (Å²) >= 11 is 3.92. The Morgan fingerprint density at radius 1 is 0.615 bits per heavy atom. The van der Waals surface area contributed by atoms with Crippen LogP contribution in [0.2, 0.25) is 0 Å². The Morgan fingerprint density at radius 3 is 1.65 bits per heavy atom. The van der Waals surface area contributed by atoms with Crippen molar-refractivity contribution in [2.24, 2.45) is 0 Å². The van der Waals surface area contributed by atoms with E-state index in [9.17, 15) is 0 Å². The Balaban J connectivity index is 1.48. The van der Waals surface area contributed by atoms with E-state index >= 15 is 0 Å². The van der Waals surface area contributed by atoms with Gasteiger partial charge in [0.15, 0.2) is 0 Å². The van der Waals surface area contributed by atoms with Crippen LogP contribution in [0, 0.1) is 0 Å². The van der Waals surface area contributed by atoms with Crippen molar-refractivity contribution >= 4 is 23.5 Å². The predicted octanol–water partition coefficient (Wildman–Crippen LogP) is 7.15. The highest BCUT2D eigenvalue weighted by molar-refractivity contribution is 8.17. The Labute approximate surface area is 165 Å². The highest BCUT2D eigenvalue weighted by Gasteiger charge is 2.12. The van der Waals surface area contributed by atoms with Gasteiger partial charge in [-0.3, -0.25) is 0 Å². The summed E-state index contributed by atoms with van der Waals surface area (Å²) in [6.45, 7) is 0.780. The van der Waals surface area contributed by atoms with Gasteiger partial charge in [0, 0.05) is 9.79 Å². The van der Waals surface area contributed by atoms with Gasteiger partial charge in [-0.2, -0.15) is 0 Å². The van der Waals surface area contributed by atoms with E-state index in [1.54, 1.807) is 0 Å². The summed E-state index contributed by atoms with van der Waals surface area (Å²) < 4.78 is 6.32. The van der Waals surface area contributed by atoms with E-state index in [-0.39, 0.29) is 0 Å². The minimum atomic E-state index is 0.511. The van der Waals surface area contributed by atoms with Crippen LogP contribution < -0.4 is 4.74 Å². The molecule has 0 aliphatic rings. The Morgan fingerprint density at radius 2 is 1.12 bits per heavy atom. The van der Waals surface area contributed by atoms with Crippen molar-refractivity contribution in [3.63, 3.8) is 0 Å². The number of unbranched alkanes of at least 4 members (excludes halogenated alkanes) is 1. The van der Waals surface area contributed by atoms with Crippen LogP contribution >= 0.6 is 23.5 Å². The first-order valence-corrected chi connectivity index (χ1v) is 10.8. The first kappa shape index (κ1) is 18.9. The normalized spacial score (nSPS) is 10.8. The van der Waals surface area contributed by atoms with Gasteiger partial charge in [0.05, 0.1) is 11.2 Å². The molecule has 3 aromatic rings. The summed E-state index contributed by atoms with van der Waals surface area (Å²) in [5.74, 6) is 0.960. The smallest absolute Gasteiger partial charge is 0.119 e. The molecular formula is C23H24OS2. The second kappa shape index (κ2) is 11.0. The molecule has 0 saturated heterocycles. The van der Waals surface area contributed by atoms with E-state index in [0.717, 1.165) is 31.6 Å². The zero-order valence-electron chi connectivity index (χ0n) is 14.8. The molecule has 3 heteroatoms. The number of ether oxygens (including phenoxy) is 1. The third-order valence-corrected chi connectivity index (χ3v) is 6.53. The average molecular weight is 381 g/mol. The zero-order chi connectivity index (χ0) is 17.9. The number of rotatable bonds is 10. The molecule has 0 fully saturated rings. The van der Waals surface area contributed by atoms with Gasteiger partial charge in [-0.05, 0) is 55.7 Å². The minimum absolute atomic E-state index is 0.511. The van der Waals surface area contributed by atoms with E-state index in [0.29, 0.717) is 4.58 Å². The van der Waals surface area contributed by atoms with Gasteiger partial charge < -0.3 is 4.74 Å². The molecule has 0 bridgehead atoms. The number of thioether (sulfide) groups is 2. The molecular weight excluding hydrogens is 356 g/mol. The van der Waals surface area contributed by atoms with E-state index in [1.165, 1.54) is 9.79 Å². The maximum Gasteiger partial charge on any atom is 0.119 e. The summed E-state index contributed by atoms with van der Waals surface area (Å²) in [6.07, 6.45) is 3.41. The lowest BCUT2D eigenvalue weighted by atomic mass is 10.2. The average Bonchev–Trinajstić information content (AvgIpc) is 2.70. The van der Waals surface area contributed by atoms with Crippen molar-refractivity contribution in [1.29, 1.82) is 0 Å². The van der Waals surface area contributed by atoms with E-state index in [1.807, 2.05) is 53.9 Å². The van der Waals surface area contributed by atoms with Crippen molar-refractivity contribution in [3.05, 3.63) is 91.0 Å². The minimum Gasteiger partial charge on any atom is -0.494 e. The number of benzene rings is 3. The van der Waals surface area contributed by atoms with Crippen molar-refractivity contribution < 1.29 is 4.74 Å². The molecule has 0 amide bonds. The lowest BCUT2D eigenvalue weighted by Crippen LogP contribution is -2.01. The van der Waals surface area contributed by atoms with Crippen LogP contribution in [0.1, 0.15) is 19.3 Å². The molecule has 3 rings (SSSR count). The van der Waals surface area contributed by atoms with E-state index < -0.39 is 0 Å². The third-order valence-electron chi connectivity index (χ3n) is 3.87. The standard InChI is InChI=1S/C23H24OS2/c1-4-12-20(13-5-1)24-19-11-10-18-23(25-21-14-6-2-7-15-21)26-22-16-8-3-9-17-22/h1-9,12-17,23H,10-11,18-19H2. The highest BCUT2D eigenvalue weighted by atomic mass is 32.2. The van der Waals surface area contributed by atoms with Gasteiger partial charge in [0.1, 0.15) is 5.75 Å². The Bertz CT molecular complexity index is 690. The number of hydrogen-bond donors (Lipinski definition) is 0. The summed E-state index contributed by atoms with van der Waals surface area (Å²) in [5.41, 5.74) is 0. The molecule has 0 N–H and O–H groups in total. The fourth-order valence-corrected chi connectivity index (χ4v) is 5.23. The summed E-state index contributed by atoms with van der Waals surface area (Å²) in [5, 5.41) is 0. The lowest BCUT2D eigenvalue weighted by molar-refractivity contribution is 0.306. The summed E-state index contributed by atoms with van der Waals surface area (Å²) in [7, 11) is 0. The first-order chi connectivity index (χ1) is 12.9. The molecule has 0 atom stereocenters. The highest BCUT2D eigenvalue weighted by Crippen LogP contribution is 2.38. The molecule has 0 aromatic heterocycles. The van der Waals surface area contributed by atoms with E-state index in [2.05, 4.69) is 60.7 Å². The fraction of sp³-hybridized carbons (Fsp3) is 0.217. The molecule has 0 heterocycles. The first-order valence-electron chi connectivity index (χ1n) is 9.01. The van der Waals surface area contributed by atoms with Crippen LogP contribution in [-0.4, -0.2) is 11.2 Å². The maximum atomic E-state index is 5.81. The second-order valence-corrected chi connectivity index (χ2v) is 8.80. The Hall–Kier alpha value is -1.84. The SMILES string of the molecule is c1ccc(OCCCCC(Sc2ccccc2)Sc2ccccc2)cc1. The number of hydrogen-bond acceptors (Lipinski definition) is 3. The second-order valence-electron chi connectivity index (χ2n) is 5.95. The fourth-order valence-electron chi connectivity index (χ4n) is 2.56. The van der Waals surface area contributed by atoms with Crippen LogP contribution in [-0.2, 0) is 0 Å². The lowest BCUT2D eigenvalue weighted by Gasteiger charge is -2.16. The van der Waals surface area contributed by atoms with Gasteiger partial charge in [-0.1, -0.05) is 54.6 Å². The number of para-hydroxylation sites is 1. The van der Waals surface area contributed by atoms with Crippen LogP contribution in [0.25, 0.3) is 0 Å². The largest absolute Gasteiger partial charge is 0.494 e. The van der Waals surface area contributed by atoms with Gasteiger partial charge in [0.2, 0.25) is 0 Å². The van der Waals surface area contributed by atoms with Gasteiger partial charge in [-0.15, -0.1) is 23.5 Å². The van der Waals surface area contributed by atoms with E-state index in [4.69, 9.17) is 4.74 Å². The zero-order valence-corrected chi connectivity index (χ0v) is 16.4. The summed E-state index contributed by atoms with van der Waals surface area (Å²) in [6, 6.07) is 31.4. The van der Waals surface area contributed by atoms with Gasteiger partial charge in [-0.25, -0.2) is 0 Å². The predicted molar refractivity (Wildman–Crippen MR) is 114 cm³/mol. The molecule has 134 valence electrons. The molecule has 3 aromatic carbocycles. The van der Waals surface area contributed by atoms with Crippen molar-refractivity contribution in [3.8, 4) is 5.75 Å². The molecule has 0 aliphatic carbocycles. The molecule has 0 unspecified atom stereocenters. The maximum absolute atomic E-state index is 5.81. The monoisotopic (exact) mass is 380 g/mol. The van der Waals surface area contributed by atoms with Crippen molar-refractivity contribution in [2.45, 2.75) is 33.6 Å². The summed E-state index contributed by atoms with van der Waals surface area (Å²) in [4.78, 5) is 2.67. The third kappa shape index (κ3) is 6.81. The Kier molecular flexibility index (Phi) is 8.01. The van der Waals surface area contributed by atoms with Crippen LogP contribution in [0.4, 0.5) is 0 Å². The van der Waals surface area contributed by atoms with Crippen LogP contribution in [0.3, 0.4) is 0 Å². The van der Waals surface area contributed by atoms with Gasteiger partial charge >= 0.3 is 0 Å².